The van der Waals surface area contributed by atoms with Crippen molar-refractivity contribution >= 4 is 33.5 Å². The van der Waals surface area contributed by atoms with Gasteiger partial charge in [0.1, 0.15) is 23.9 Å². The largest absolute Gasteiger partial charge is 0.508 e. The van der Waals surface area contributed by atoms with Crippen LogP contribution < -0.4 is 4.74 Å². The maximum absolute atomic E-state index is 10.0. The molecule has 0 bridgehead atoms. The van der Waals surface area contributed by atoms with Gasteiger partial charge in [0.25, 0.3) is 0 Å². The number of likely N-dealkylation sites (N-methyl/N-ethyl adjacent to an activating group) is 1. The van der Waals surface area contributed by atoms with Gasteiger partial charge in [0.2, 0.25) is 0 Å². The highest BCUT2D eigenvalue weighted by Gasteiger charge is 2.17. The van der Waals surface area contributed by atoms with Crippen LogP contribution in [0.15, 0.2) is 66.7 Å². The molecule has 4 aromatic rings. The number of alkyl halides is 1. The summed E-state index contributed by atoms with van der Waals surface area (Å²) in [5.41, 5.74) is 5.41. The minimum Gasteiger partial charge on any atom is -0.508 e. The fraction of sp³-hybridized carbons (Fsp3) is 0.259. The number of nitrogens with zero attached hydrogens (tertiary/aromatic N) is 2. The number of aryl methyl sites for hydroxylation is 1. The molecule has 0 aliphatic rings. The summed E-state index contributed by atoms with van der Waals surface area (Å²) in [7, 11) is 4.06. The average molecular weight is 558 g/mol. The van der Waals surface area contributed by atoms with Gasteiger partial charge in [0.15, 0.2) is 0 Å². The van der Waals surface area contributed by atoms with Gasteiger partial charge in [-0.05, 0) is 97.2 Å². The van der Waals surface area contributed by atoms with Crippen molar-refractivity contribution in [3.8, 4) is 28.5 Å². The molecule has 0 saturated carbocycles. The Hall–Kier alpha value is -2.71. The van der Waals surface area contributed by atoms with Gasteiger partial charge in [-0.25, -0.2) is 0 Å². The van der Waals surface area contributed by atoms with Gasteiger partial charge in [0.05, 0.1) is 5.69 Å². The Morgan fingerprint density at radius 2 is 1.52 bits per heavy atom. The molecule has 0 aliphatic heterocycles. The molecule has 6 heteroatoms. The van der Waals surface area contributed by atoms with E-state index in [2.05, 4.69) is 51.1 Å². The number of phenols is 2. The van der Waals surface area contributed by atoms with E-state index in [1.807, 2.05) is 55.4 Å². The van der Waals surface area contributed by atoms with Crippen molar-refractivity contribution in [2.24, 2.45) is 0 Å². The topological polar surface area (TPSA) is 57.9 Å². The number of hydrogen-bond acceptors (Lipinski definition) is 4. The number of ether oxygens (including phenoxy) is 1. The van der Waals surface area contributed by atoms with E-state index in [9.17, 15) is 10.2 Å². The molecule has 1 heterocycles. The van der Waals surface area contributed by atoms with E-state index in [-0.39, 0.29) is 11.5 Å². The number of fused-ring (bicyclic) bond motifs is 1. The summed E-state index contributed by atoms with van der Waals surface area (Å²) in [4.78, 5) is 4.06. The SMILES string of the molecule is CI.Cc1c(-c2ccc(O)cc2)n(Cc2ccc(OCCN(C)C)cc2)c2ccc(O)cc12. The van der Waals surface area contributed by atoms with Crippen LogP contribution in [0.25, 0.3) is 22.2 Å². The smallest absolute Gasteiger partial charge is 0.119 e. The summed E-state index contributed by atoms with van der Waals surface area (Å²) in [6.07, 6.45) is 0. The summed E-state index contributed by atoms with van der Waals surface area (Å²) in [5.74, 6) is 1.36. The van der Waals surface area contributed by atoms with Crippen LogP contribution in [0.2, 0.25) is 0 Å². The Kier molecular flexibility index (Phi) is 8.63. The highest BCUT2D eigenvalue weighted by atomic mass is 127. The van der Waals surface area contributed by atoms with Gasteiger partial charge in [0, 0.05) is 24.0 Å². The van der Waals surface area contributed by atoms with E-state index in [0.717, 1.165) is 45.6 Å². The van der Waals surface area contributed by atoms with Crippen LogP contribution in [-0.4, -0.2) is 51.9 Å². The van der Waals surface area contributed by atoms with E-state index < -0.39 is 0 Å². The Morgan fingerprint density at radius 1 is 0.879 bits per heavy atom. The minimum absolute atomic E-state index is 0.242. The molecule has 0 spiro atoms. The van der Waals surface area contributed by atoms with Gasteiger partial charge in [-0.2, -0.15) is 0 Å². The van der Waals surface area contributed by atoms with Gasteiger partial charge in [-0.3, -0.25) is 0 Å². The highest BCUT2D eigenvalue weighted by molar-refractivity contribution is 14.1. The molecule has 0 atom stereocenters. The van der Waals surface area contributed by atoms with E-state index in [4.69, 9.17) is 4.74 Å². The van der Waals surface area contributed by atoms with Crippen molar-refractivity contribution in [3.05, 3.63) is 77.9 Å². The third-order valence-corrected chi connectivity index (χ3v) is 5.51. The molecule has 3 aromatic carbocycles. The molecule has 0 saturated heterocycles. The number of halogens is 1. The molecule has 0 amide bonds. The van der Waals surface area contributed by atoms with Gasteiger partial charge in [-0.1, -0.05) is 34.7 Å². The fourth-order valence-corrected chi connectivity index (χ4v) is 3.89. The molecule has 0 fully saturated rings. The number of aromatic nitrogens is 1. The fourth-order valence-electron chi connectivity index (χ4n) is 3.89. The predicted octanol–water partition coefficient (Wildman–Crippen LogP) is 6.07. The van der Waals surface area contributed by atoms with Crippen LogP contribution in [-0.2, 0) is 6.54 Å². The number of phenolic OH excluding ortho intramolecular Hbond substituents is 2. The molecular formula is C27H31IN2O3. The molecule has 0 radical (unpaired) electrons. The lowest BCUT2D eigenvalue weighted by Crippen LogP contribution is -2.19. The van der Waals surface area contributed by atoms with Crippen LogP contribution in [0.3, 0.4) is 0 Å². The Balaban J connectivity index is 0.00000149. The second-order valence-corrected chi connectivity index (χ2v) is 8.10. The third-order valence-electron chi connectivity index (χ3n) is 5.51. The van der Waals surface area contributed by atoms with Gasteiger partial charge >= 0.3 is 0 Å². The first kappa shape index (κ1) is 24.9. The van der Waals surface area contributed by atoms with Crippen LogP contribution in [0.1, 0.15) is 11.1 Å². The second-order valence-electron chi connectivity index (χ2n) is 8.10. The first-order valence-electron chi connectivity index (χ1n) is 10.8. The first-order valence-corrected chi connectivity index (χ1v) is 12.9. The van der Waals surface area contributed by atoms with E-state index in [1.165, 1.54) is 0 Å². The molecule has 1 aromatic heterocycles. The van der Waals surface area contributed by atoms with Crippen molar-refractivity contribution < 1.29 is 14.9 Å². The van der Waals surface area contributed by atoms with Gasteiger partial charge < -0.3 is 24.4 Å². The molecule has 2 N–H and O–H groups in total. The lowest BCUT2D eigenvalue weighted by atomic mass is 10.1. The van der Waals surface area contributed by atoms with Crippen LogP contribution >= 0.6 is 22.6 Å². The Bertz CT molecular complexity index is 1180. The summed E-state index contributed by atoms with van der Waals surface area (Å²) >= 11 is 2.15. The Labute approximate surface area is 209 Å². The van der Waals surface area contributed by atoms with E-state index in [1.54, 1.807) is 18.2 Å². The first-order chi connectivity index (χ1) is 15.9. The van der Waals surface area contributed by atoms with Crippen molar-refractivity contribution in [2.75, 3.05) is 32.2 Å². The lowest BCUT2D eigenvalue weighted by molar-refractivity contribution is 0.261. The summed E-state index contributed by atoms with van der Waals surface area (Å²) < 4.78 is 8.08. The standard InChI is InChI=1S/C26H28N2O3.CH3I/c1-18-24-16-22(30)10-13-25(24)28(26(18)20-6-8-21(29)9-7-20)17-19-4-11-23(12-5-19)31-15-14-27(2)3;1-2/h4-13,16,29-30H,14-15,17H2,1-3H3;1H3. The van der Waals surface area contributed by atoms with Crippen LogP contribution in [0, 0.1) is 6.92 Å². The average Bonchev–Trinajstić information content (AvgIpc) is 3.07. The zero-order valence-corrected chi connectivity index (χ0v) is 21.7. The van der Waals surface area contributed by atoms with E-state index in [0.29, 0.717) is 13.2 Å². The number of benzene rings is 3. The van der Waals surface area contributed by atoms with Crippen molar-refractivity contribution in [1.82, 2.24) is 9.47 Å². The summed E-state index contributed by atoms with van der Waals surface area (Å²) in [5, 5.41) is 20.8. The molecule has 174 valence electrons. The van der Waals surface area contributed by atoms with Gasteiger partial charge in [-0.15, -0.1) is 0 Å². The van der Waals surface area contributed by atoms with Crippen LogP contribution in [0.4, 0.5) is 0 Å². The quantitative estimate of drug-likeness (QED) is 0.214. The molecule has 5 nitrogen and oxygen atoms in total. The minimum atomic E-state index is 0.242. The van der Waals surface area contributed by atoms with Crippen molar-refractivity contribution in [1.29, 1.82) is 0 Å². The maximum atomic E-state index is 10.0. The molecule has 4 rings (SSSR count). The van der Waals surface area contributed by atoms with Crippen molar-refractivity contribution in [2.45, 2.75) is 13.5 Å². The number of aromatic hydroxyl groups is 2. The van der Waals surface area contributed by atoms with Crippen molar-refractivity contribution in [3.63, 3.8) is 0 Å². The highest BCUT2D eigenvalue weighted by Crippen LogP contribution is 2.36. The summed E-state index contributed by atoms with van der Waals surface area (Å²) in [6, 6.07) is 20.9. The number of rotatable bonds is 7. The van der Waals surface area contributed by atoms with E-state index >= 15 is 0 Å². The zero-order chi connectivity index (χ0) is 24.0. The van der Waals surface area contributed by atoms with Crippen LogP contribution in [0.5, 0.6) is 17.2 Å². The lowest BCUT2D eigenvalue weighted by Gasteiger charge is -2.14. The normalized spacial score (nSPS) is 10.8. The summed E-state index contributed by atoms with van der Waals surface area (Å²) in [6.45, 7) is 4.28. The Morgan fingerprint density at radius 3 is 2.15 bits per heavy atom. The molecule has 0 unspecified atom stereocenters. The maximum Gasteiger partial charge on any atom is 0.119 e. The third kappa shape index (κ3) is 6.00. The molecular weight excluding hydrogens is 527 g/mol. The number of hydrogen-bond donors (Lipinski definition) is 2. The monoisotopic (exact) mass is 558 g/mol. The zero-order valence-electron chi connectivity index (χ0n) is 19.5. The predicted molar refractivity (Wildman–Crippen MR) is 145 cm³/mol. The molecule has 0 aliphatic carbocycles. The second kappa shape index (κ2) is 11.4. The molecule has 33 heavy (non-hydrogen) atoms.